The van der Waals surface area contributed by atoms with Gasteiger partial charge >= 0.3 is 0 Å². The number of phenols is 1. The second-order valence-electron chi connectivity index (χ2n) is 14.0. The molecule has 0 saturated carbocycles. The number of carbonyl (C=O) groups excluding carboxylic acids is 2. The molecule has 12 nitrogen and oxygen atoms in total. The molecule has 4 heterocycles. The Hall–Kier alpha value is -5.28. The fourth-order valence-corrected chi connectivity index (χ4v) is 8.75. The van der Waals surface area contributed by atoms with Gasteiger partial charge in [0.1, 0.15) is 41.2 Å². The molecule has 3 N–H and O–H groups in total. The highest BCUT2D eigenvalue weighted by molar-refractivity contribution is 9.10. The number of imide groups is 1. The molecule has 1 unspecified atom stereocenters. The fourth-order valence-electron chi connectivity index (χ4n) is 7.32. The molecule has 0 aliphatic carbocycles. The summed E-state index contributed by atoms with van der Waals surface area (Å²) in [4.78, 5) is 48.2. The predicted octanol–water partition coefficient (Wildman–Crippen LogP) is 6.93. The number of carbonyl (C=O) groups is 2. The van der Waals surface area contributed by atoms with Crippen molar-refractivity contribution in [1.82, 2.24) is 24.7 Å². The maximum Gasteiger partial charge on any atom is 0.262 e. The lowest BCUT2D eigenvalue weighted by atomic mass is 10.1. The molecule has 14 heteroatoms. The normalized spacial score (nSPS) is 16.6. The summed E-state index contributed by atoms with van der Waals surface area (Å²) in [6, 6.07) is 25.9. The van der Waals surface area contributed by atoms with Crippen LogP contribution in [0.25, 0.3) is 31.4 Å². The number of nitrogens with one attached hydrogen (secondary N) is 2. The molecule has 0 bridgehead atoms. The first-order chi connectivity index (χ1) is 27.2. The van der Waals surface area contributed by atoms with Crippen LogP contribution in [0.3, 0.4) is 0 Å². The zero-order valence-corrected chi connectivity index (χ0v) is 33.2. The summed E-state index contributed by atoms with van der Waals surface area (Å²) < 4.78 is 16.0. The van der Waals surface area contributed by atoms with Crippen molar-refractivity contribution >= 4 is 65.8 Å². The number of para-hydroxylation sites is 1. The van der Waals surface area contributed by atoms with E-state index in [0.717, 1.165) is 81.5 Å². The SMILES string of the molecule is Cc1nc2c(NCCN3CCN(CCOc4ccc(Oc5c(-c6ccc(Br)cc6)sc6cc(O)ccc56)cc4)CC3)cccc2c(=O)n1C1CCC(=O)NC1=O. The number of ether oxygens (including phenoxy) is 2. The minimum absolute atomic E-state index is 0.189. The summed E-state index contributed by atoms with van der Waals surface area (Å²) in [5.41, 5.74) is 2.11. The zero-order valence-electron chi connectivity index (χ0n) is 30.8. The van der Waals surface area contributed by atoms with E-state index < -0.39 is 11.9 Å². The Balaban J connectivity index is 0.805. The minimum Gasteiger partial charge on any atom is -0.508 e. The van der Waals surface area contributed by atoms with Crippen LogP contribution in [0.5, 0.6) is 23.0 Å². The molecule has 2 fully saturated rings. The van der Waals surface area contributed by atoms with Crippen molar-refractivity contribution in [2.45, 2.75) is 25.8 Å². The van der Waals surface area contributed by atoms with E-state index in [-0.39, 0.29) is 30.1 Å². The largest absolute Gasteiger partial charge is 0.508 e. The van der Waals surface area contributed by atoms with Crippen LogP contribution in [0, 0.1) is 6.92 Å². The summed E-state index contributed by atoms with van der Waals surface area (Å²) in [6.45, 7) is 8.43. The fraction of sp³-hybridized carbons (Fsp3) is 0.286. The number of piperazine rings is 1. The van der Waals surface area contributed by atoms with E-state index >= 15 is 0 Å². The van der Waals surface area contributed by atoms with Gasteiger partial charge in [-0.3, -0.25) is 34.1 Å². The summed E-state index contributed by atoms with van der Waals surface area (Å²) >= 11 is 5.11. The number of piperidine rings is 1. The molecular weight excluding hydrogens is 796 g/mol. The summed E-state index contributed by atoms with van der Waals surface area (Å²) in [5.74, 6) is 2.12. The van der Waals surface area contributed by atoms with Crippen LogP contribution in [-0.2, 0) is 9.59 Å². The Morgan fingerprint density at radius 2 is 1.64 bits per heavy atom. The standard InChI is InChI=1S/C42H41BrN6O6S/c1-26-45-38-33(42(53)49(26)35-15-16-37(51)46-41(35)52)3-2-4-34(38)44-17-18-47-19-21-48(22-20-47)23-24-54-30-10-12-31(13-11-30)55-39-32-14-9-29(50)25-36(32)56-40(39)27-5-7-28(43)8-6-27/h2-14,25,35,44,50H,15-24H2,1H3,(H,46,51,52). The topological polar surface area (TPSA) is 138 Å². The molecule has 6 aromatic rings. The third-order valence-corrected chi connectivity index (χ3v) is 12.0. The van der Waals surface area contributed by atoms with E-state index in [1.807, 2.05) is 54.6 Å². The molecular formula is C42H41BrN6O6S. The van der Waals surface area contributed by atoms with Gasteiger partial charge in [-0.2, -0.15) is 0 Å². The highest BCUT2D eigenvalue weighted by atomic mass is 79.9. The van der Waals surface area contributed by atoms with Gasteiger partial charge in [0.05, 0.1) is 16.0 Å². The first kappa shape index (κ1) is 37.6. The number of amides is 2. The second kappa shape index (κ2) is 16.4. The third-order valence-electron chi connectivity index (χ3n) is 10.3. The number of anilines is 1. The molecule has 288 valence electrons. The van der Waals surface area contributed by atoms with Crippen LogP contribution in [0.1, 0.15) is 24.7 Å². The van der Waals surface area contributed by atoms with Crippen LogP contribution in [-0.4, -0.2) is 88.7 Å². The van der Waals surface area contributed by atoms with Crippen molar-refractivity contribution in [2.75, 3.05) is 57.7 Å². The molecule has 2 aliphatic heterocycles. The smallest absolute Gasteiger partial charge is 0.262 e. The van der Waals surface area contributed by atoms with Gasteiger partial charge in [-0.15, -0.1) is 11.3 Å². The predicted molar refractivity (Wildman–Crippen MR) is 222 cm³/mol. The lowest BCUT2D eigenvalue weighted by Crippen LogP contribution is -2.48. The van der Waals surface area contributed by atoms with Crippen molar-refractivity contribution in [2.24, 2.45) is 0 Å². The molecule has 0 radical (unpaired) electrons. The van der Waals surface area contributed by atoms with E-state index in [1.165, 1.54) is 4.57 Å². The van der Waals surface area contributed by atoms with Crippen molar-refractivity contribution in [3.8, 4) is 33.4 Å². The number of aryl methyl sites for hydroxylation is 1. The molecule has 56 heavy (non-hydrogen) atoms. The molecule has 1 atom stereocenters. The number of aromatic nitrogens is 2. The van der Waals surface area contributed by atoms with E-state index in [1.54, 1.807) is 36.5 Å². The number of rotatable bonds is 12. The van der Waals surface area contributed by atoms with E-state index in [9.17, 15) is 19.5 Å². The number of thiophene rings is 1. The first-order valence-electron chi connectivity index (χ1n) is 18.7. The number of hydrogen-bond donors (Lipinski definition) is 3. The summed E-state index contributed by atoms with van der Waals surface area (Å²) in [6.07, 6.45) is 0.467. The molecule has 2 amide bonds. The second-order valence-corrected chi connectivity index (χ2v) is 16.0. The highest BCUT2D eigenvalue weighted by Gasteiger charge is 2.30. The van der Waals surface area contributed by atoms with Crippen molar-refractivity contribution < 1.29 is 24.2 Å². The lowest BCUT2D eigenvalue weighted by molar-refractivity contribution is -0.135. The van der Waals surface area contributed by atoms with Gasteiger partial charge in [-0.05, 0) is 85.6 Å². The summed E-state index contributed by atoms with van der Waals surface area (Å²) in [5, 5.41) is 17.3. The van der Waals surface area contributed by atoms with Crippen LogP contribution in [0.15, 0.2) is 94.2 Å². The Bertz CT molecular complexity index is 2460. The van der Waals surface area contributed by atoms with Crippen LogP contribution in [0.2, 0.25) is 0 Å². The Labute approximate surface area is 335 Å². The molecule has 2 saturated heterocycles. The van der Waals surface area contributed by atoms with Gasteiger partial charge in [0.25, 0.3) is 5.56 Å². The first-order valence-corrected chi connectivity index (χ1v) is 20.3. The third kappa shape index (κ3) is 8.14. The number of phenolic OH excluding ortho intramolecular Hbond substituents is 1. The molecule has 2 aliphatic rings. The van der Waals surface area contributed by atoms with E-state index in [2.05, 4.69) is 48.5 Å². The summed E-state index contributed by atoms with van der Waals surface area (Å²) in [7, 11) is 0. The van der Waals surface area contributed by atoms with Gasteiger partial charge in [-0.25, -0.2) is 4.98 Å². The number of aromatic hydroxyl groups is 1. The van der Waals surface area contributed by atoms with Crippen LogP contribution < -0.4 is 25.7 Å². The quantitative estimate of drug-likeness (QED) is 0.111. The zero-order chi connectivity index (χ0) is 38.8. The molecule has 8 rings (SSSR count). The van der Waals surface area contributed by atoms with Gasteiger partial charge < -0.3 is 19.9 Å². The number of fused-ring (bicyclic) bond motifs is 2. The highest BCUT2D eigenvalue weighted by Crippen LogP contribution is 2.47. The Morgan fingerprint density at radius 3 is 2.39 bits per heavy atom. The number of benzene rings is 4. The maximum absolute atomic E-state index is 13.5. The van der Waals surface area contributed by atoms with E-state index in [0.29, 0.717) is 35.6 Å². The number of nitrogens with zero attached hydrogens (tertiary/aromatic N) is 4. The van der Waals surface area contributed by atoms with Gasteiger partial charge in [0.15, 0.2) is 5.75 Å². The van der Waals surface area contributed by atoms with Crippen molar-refractivity contribution in [3.63, 3.8) is 0 Å². The molecule has 2 aromatic heterocycles. The van der Waals surface area contributed by atoms with Crippen LogP contribution in [0.4, 0.5) is 5.69 Å². The average Bonchev–Trinajstić information content (AvgIpc) is 3.54. The maximum atomic E-state index is 13.5. The molecule has 4 aromatic carbocycles. The van der Waals surface area contributed by atoms with Crippen LogP contribution >= 0.6 is 27.3 Å². The average molecular weight is 838 g/mol. The van der Waals surface area contributed by atoms with E-state index in [4.69, 9.17) is 14.5 Å². The van der Waals surface area contributed by atoms with Crippen molar-refractivity contribution in [1.29, 1.82) is 0 Å². The monoisotopic (exact) mass is 836 g/mol. The van der Waals surface area contributed by atoms with Gasteiger partial charge in [0, 0.05) is 66.8 Å². The minimum atomic E-state index is -0.749. The Kier molecular flexibility index (Phi) is 11.1. The molecule has 0 spiro atoms. The van der Waals surface area contributed by atoms with Gasteiger partial charge in [-0.1, -0.05) is 34.1 Å². The number of hydrogen-bond acceptors (Lipinski definition) is 11. The Morgan fingerprint density at radius 1 is 0.911 bits per heavy atom. The lowest BCUT2D eigenvalue weighted by Gasteiger charge is -2.34. The number of halogens is 1. The van der Waals surface area contributed by atoms with Gasteiger partial charge in [0.2, 0.25) is 11.8 Å². The van der Waals surface area contributed by atoms with Crippen molar-refractivity contribution in [3.05, 3.63) is 106 Å².